The van der Waals surface area contributed by atoms with Gasteiger partial charge in [0.25, 0.3) is 0 Å². The summed E-state index contributed by atoms with van der Waals surface area (Å²) in [7, 11) is 1.75. The normalized spacial score (nSPS) is 13.7. The number of carbonyl (C=O) groups is 1. The summed E-state index contributed by atoms with van der Waals surface area (Å²) < 4.78 is 1.55. The number of nitrogens with zero attached hydrogens (tertiary/aromatic N) is 5. The highest BCUT2D eigenvalue weighted by Crippen LogP contribution is 2.20. The molecule has 0 atom stereocenters. The van der Waals surface area contributed by atoms with Crippen LogP contribution in [0.25, 0.3) is 0 Å². The first-order valence-corrected chi connectivity index (χ1v) is 8.42. The predicted molar refractivity (Wildman–Crippen MR) is 85.8 cm³/mol. The minimum absolute atomic E-state index is 0.0380. The maximum Gasteiger partial charge on any atom is 0.230 e. The topological polar surface area (TPSA) is 97.6 Å². The van der Waals surface area contributed by atoms with Crippen LogP contribution in [0.1, 0.15) is 22.4 Å². The van der Waals surface area contributed by atoms with Gasteiger partial charge >= 0.3 is 0 Å². The van der Waals surface area contributed by atoms with Crippen LogP contribution in [0.2, 0.25) is 0 Å². The summed E-state index contributed by atoms with van der Waals surface area (Å²) in [6.45, 7) is 4.31. The van der Waals surface area contributed by atoms with Crippen molar-refractivity contribution in [3.63, 3.8) is 0 Å². The summed E-state index contributed by atoms with van der Waals surface area (Å²) in [5, 5.41) is 18.1. The molecule has 0 spiro atoms. The van der Waals surface area contributed by atoms with E-state index in [0.29, 0.717) is 11.7 Å². The first-order valence-electron chi connectivity index (χ1n) is 7.44. The van der Waals surface area contributed by atoms with E-state index in [0.717, 1.165) is 30.8 Å². The Balaban J connectivity index is 1.60. The van der Waals surface area contributed by atoms with E-state index in [1.807, 2.05) is 13.1 Å². The van der Waals surface area contributed by atoms with Crippen molar-refractivity contribution in [2.45, 2.75) is 31.6 Å². The van der Waals surface area contributed by atoms with Crippen molar-refractivity contribution in [2.24, 2.45) is 7.05 Å². The van der Waals surface area contributed by atoms with E-state index in [9.17, 15) is 4.79 Å². The first kappa shape index (κ1) is 15.9. The van der Waals surface area contributed by atoms with Gasteiger partial charge in [0.1, 0.15) is 0 Å². The highest BCUT2D eigenvalue weighted by atomic mass is 32.2. The van der Waals surface area contributed by atoms with Gasteiger partial charge in [-0.3, -0.25) is 9.78 Å². The minimum Gasteiger partial charge on any atom is -0.351 e. The van der Waals surface area contributed by atoms with Crippen molar-refractivity contribution in [1.82, 2.24) is 35.8 Å². The number of pyridine rings is 1. The Morgan fingerprint density at radius 2 is 2.39 bits per heavy atom. The molecule has 3 rings (SSSR count). The second-order valence-electron chi connectivity index (χ2n) is 5.40. The zero-order valence-corrected chi connectivity index (χ0v) is 14.0. The largest absolute Gasteiger partial charge is 0.351 e. The summed E-state index contributed by atoms with van der Waals surface area (Å²) in [5.41, 5.74) is 4.67. The zero-order chi connectivity index (χ0) is 16.2. The van der Waals surface area contributed by atoms with Crippen LogP contribution in [-0.4, -0.2) is 43.4 Å². The van der Waals surface area contributed by atoms with Crippen LogP contribution >= 0.6 is 11.8 Å². The van der Waals surface area contributed by atoms with Gasteiger partial charge in [-0.15, -0.1) is 5.10 Å². The van der Waals surface area contributed by atoms with Gasteiger partial charge in [-0.05, 0) is 47.0 Å². The number of aryl methyl sites for hydroxylation is 2. The summed E-state index contributed by atoms with van der Waals surface area (Å²) >= 11 is 1.32. The van der Waals surface area contributed by atoms with Crippen molar-refractivity contribution < 1.29 is 4.79 Å². The number of nitrogens with one attached hydrogen (secondary N) is 2. The van der Waals surface area contributed by atoms with Crippen LogP contribution in [-0.2, 0) is 31.4 Å². The molecule has 2 aromatic rings. The Morgan fingerprint density at radius 3 is 3.17 bits per heavy atom. The lowest BCUT2D eigenvalue weighted by molar-refractivity contribution is -0.118. The second kappa shape index (κ2) is 7.05. The van der Waals surface area contributed by atoms with Gasteiger partial charge in [0.2, 0.25) is 11.1 Å². The van der Waals surface area contributed by atoms with Gasteiger partial charge in [-0.1, -0.05) is 11.8 Å². The molecule has 0 radical (unpaired) electrons. The molecule has 1 amide bonds. The van der Waals surface area contributed by atoms with Crippen molar-refractivity contribution in [2.75, 3.05) is 12.3 Å². The average Bonchev–Trinajstić information content (AvgIpc) is 2.97. The number of amides is 1. The molecule has 0 aromatic carbocycles. The maximum atomic E-state index is 12.1. The third kappa shape index (κ3) is 3.67. The molecule has 0 saturated heterocycles. The zero-order valence-electron chi connectivity index (χ0n) is 13.2. The van der Waals surface area contributed by atoms with Crippen LogP contribution in [0.15, 0.2) is 11.4 Å². The molecular weight excluding hydrogens is 314 g/mol. The number of rotatable bonds is 5. The smallest absolute Gasteiger partial charge is 0.230 e. The number of hydrogen-bond donors (Lipinski definition) is 2. The molecule has 2 N–H and O–H groups in total. The van der Waals surface area contributed by atoms with Gasteiger partial charge in [0.15, 0.2) is 0 Å². The second-order valence-corrected chi connectivity index (χ2v) is 6.35. The van der Waals surface area contributed by atoms with Gasteiger partial charge in [-0.2, -0.15) is 0 Å². The van der Waals surface area contributed by atoms with E-state index in [-0.39, 0.29) is 11.7 Å². The highest BCUT2D eigenvalue weighted by Gasteiger charge is 2.16. The molecule has 0 bridgehead atoms. The number of fused-ring (bicyclic) bond motifs is 1. The Hall–Kier alpha value is -2.00. The third-order valence-corrected chi connectivity index (χ3v) is 4.86. The fraction of sp³-hybridized carbons (Fsp3) is 0.500. The SMILES string of the molecule is Cc1ncc2c(c1CNC(=O)CSc1nnnn1C)CCNC2. The van der Waals surface area contributed by atoms with Crippen molar-refractivity contribution in [3.8, 4) is 0 Å². The standard InChI is InChI=1S/C14H19N7OS/c1-9-12(11-3-4-15-5-10(11)6-16-9)7-17-13(22)8-23-14-18-19-20-21(14)2/h6,15H,3-5,7-8H2,1-2H3,(H,17,22). The Kier molecular flexibility index (Phi) is 4.87. The minimum atomic E-state index is -0.0380. The number of thioether (sulfide) groups is 1. The molecule has 2 aromatic heterocycles. The van der Waals surface area contributed by atoms with E-state index < -0.39 is 0 Å². The lowest BCUT2D eigenvalue weighted by Crippen LogP contribution is -2.29. The molecule has 0 aliphatic carbocycles. The lowest BCUT2D eigenvalue weighted by atomic mass is 9.96. The van der Waals surface area contributed by atoms with E-state index in [1.54, 1.807) is 11.7 Å². The molecule has 1 aliphatic rings. The van der Waals surface area contributed by atoms with Crippen molar-refractivity contribution in [1.29, 1.82) is 0 Å². The van der Waals surface area contributed by atoms with Crippen LogP contribution in [0.4, 0.5) is 0 Å². The van der Waals surface area contributed by atoms with E-state index >= 15 is 0 Å². The number of aromatic nitrogens is 5. The molecule has 3 heterocycles. The number of carbonyl (C=O) groups excluding carboxylic acids is 1. The van der Waals surface area contributed by atoms with Gasteiger partial charge in [0.05, 0.1) is 5.75 Å². The van der Waals surface area contributed by atoms with Gasteiger partial charge in [0, 0.05) is 32.0 Å². The summed E-state index contributed by atoms with van der Waals surface area (Å²) in [6, 6.07) is 0. The molecule has 122 valence electrons. The molecular formula is C14H19N7OS. The third-order valence-electron chi connectivity index (χ3n) is 3.85. The summed E-state index contributed by atoms with van der Waals surface area (Å²) in [5.74, 6) is 0.251. The fourth-order valence-electron chi connectivity index (χ4n) is 2.59. The quantitative estimate of drug-likeness (QED) is 0.741. The molecule has 1 aliphatic heterocycles. The lowest BCUT2D eigenvalue weighted by Gasteiger charge is -2.21. The summed E-state index contributed by atoms with van der Waals surface area (Å²) in [4.78, 5) is 16.5. The van der Waals surface area contributed by atoms with Crippen molar-refractivity contribution >= 4 is 17.7 Å². The Morgan fingerprint density at radius 1 is 1.52 bits per heavy atom. The highest BCUT2D eigenvalue weighted by molar-refractivity contribution is 7.99. The van der Waals surface area contributed by atoms with E-state index in [4.69, 9.17) is 0 Å². The molecule has 0 unspecified atom stereocenters. The molecule has 0 saturated carbocycles. The fourth-order valence-corrected chi connectivity index (χ4v) is 3.27. The first-order chi connectivity index (χ1) is 11.1. The van der Waals surface area contributed by atoms with Crippen LogP contribution < -0.4 is 10.6 Å². The predicted octanol–water partition coefficient (Wildman–Crippen LogP) is -0.0323. The Labute approximate surface area is 138 Å². The molecule has 9 heteroatoms. The number of hydrogen-bond acceptors (Lipinski definition) is 7. The molecule has 0 fully saturated rings. The van der Waals surface area contributed by atoms with Crippen LogP contribution in [0, 0.1) is 6.92 Å². The maximum absolute atomic E-state index is 12.1. The average molecular weight is 333 g/mol. The monoisotopic (exact) mass is 333 g/mol. The number of tetrazole rings is 1. The summed E-state index contributed by atoms with van der Waals surface area (Å²) in [6.07, 6.45) is 2.91. The molecule has 23 heavy (non-hydrogen) atoms. The van der Waals surface area contributed by atoms with Crippen LogP contribution in [0.3, 0.4) is 0 Å². The van der Waals surface area contributed by atoms with Crippen molar-refractivity contribution in [3.05, 3.63) is 28.6 Å². The van der Waals surface area contributed by atoms with E-state index in [1.165, 1.54) is 22.9 Å². The van der Waals surface area contributed by atoms with Crippen LogP contribution in [0.5, 0.6) is 0 Å². The van der Waals surface area contributed by atoms with E-state index in [2.05, 4.69) is 31.1 Å². The molecule has 8 nitrogen and oxygen atoms in total. The van der Waals surface area contributed by atoms with Gasteiger partial charge in [-0.25, -0.2) is 4.68 Å². The Bertz CT molecular complexity index is 715. The van der Waals surface area contributed by atoms with Gasteiger partial charge < -0.3 is 10.6 Å².